The molecule has 0 saturated carbocycles. The molecule has 1 rings (SSSR count). The molecule has 0 bridgehead atoms. The molecule has 0 aliphatic carbocycles. The Bertz CT molecular complexity index is 383. The van der Waals surface area contributed by atoms with Crippen LogP contribution in [0.1, 0.15) is 55.2 Å². The van der Waals surface area contributed by atoms with E-state index in [2.05, 4.69) is 39.0 Å². The molecule has 0 aliphatic heterocycles. The minimum atomic E-state index is -0.703. The third-order valence-corrected chi connectivity index (χ3v) is 3.19. The van der Waals surface area contributed by atoms with Gasteiger partial charge < -0.3 is 5.11 Å². The van der Waals surface area contributed by atoms with Crippen LogP contribution in [0.5, 0.6) is 0 Å². The zero-order valence-electron chi connectivity index (χ0n) is 11.0. The average molecular weight is 234 g/mol. The van der Waals surface area contributed by atoms with E-state index in [9.17, 15) is 4.79 Å². The maximum absolute atomic E-state index is 10.9. The van der Waals surface area contributed by atoms with E-state index >= 15 is 0 Å². The maximum atomic E-state index is 10.9. The molecule has 1 atom stereocenters. The van der Waals surface area contributed by atoms with Gasteiger partial charge >= 0.3 is 5.97 Å². The number of carbonyl (C=O) groups is 1. The van der Waals surface area contributed by atoms with Gasteiger partial charge in [-0.15, -0.1) is 0 Å². The molecule has 1 N–H and O–H groups in total. The zero-order chi connectivity index (χ0) is 12.8. The quantitative estimate of drug-likeness (QED) is 0.806. The second-order valence-electron chi connectivity index (χ2n) is 4.80. The highest BCUT2D eigenvalue weighted by molar-refractivity contribution is 5.68. The molecule has 0 radical (unpaired) electrons. The molecule has 1 aromatic carbocycles. The first kappa shape index (κ1) is 13.8. The Labute approximate surface area is 104 Å². The summed E-state index contributed by atoms with van der Waals surface area (Å²) >= 11 is 0. The van der Waals surface area contributed by atoms with Gasteiger partial charge in [-0.25, -0.2) is 0 Å². The second kappa shape index (κ2) is 6.43. The van der Waals surface area contributed by atoms with E-state index in [1.54, 1.807) is 0 Å². The van der Waals surface area contributed by atoms with Crippen LogP contribution in [0.4, 0.5) is 0 Å². The van der Waals surface area contributed by atoms with E-state index in [0.29, 0.717) is 0 Å². The van der Waals surface area contributed by atoms with Crippen LogP contribution in [-0.2, 0) is 4.79 Å². The van der Waals surface area contributed by atoms with E-state index in [1.165, 1.54) is 16.7 Å². The van der Waals surface area contributed by atoms with Crippen molar-refractivity contribution < 1.29 is 9.90 Å². The normalized spacial score (nSPS) is 12.4. The molecular weight excluding hydrogens is 212 g/mol. The Morgan fingerprint density at radius 2 is 2.06 bits per heavy atom. The molecule has 2 nitrogen and oxygen atoms in total. The van der Waals surface area contributed by atoms with Gasteiger partial charge in [-0.05, 0) is 37.3 Å². The summed E-state index contributed by atoms with van der Waals surface area (Å²) in [6.45, 7) is 6.28. The summed E-state index contributed by atoms with van der Waals surface area (Å²) < 4.78 is 0. The highest BCUT2D eigenvalue weighted by atomic mass is 16.4. The Balaban J connectivity index is 2.90. The number of hydrogen-bond donors (Lipinski definition) is 1. The molecule has 0 fully saturated rings. The molecular formula is C15H22O2. The first-order valence-corrected chi connectivity index (χ1v) is 6.33. The Kier molecular flexibility index (Phi) is 5.20. The summed E-state index contributed by atoms with van der Waals surface area (Å²) in [5, 5.41) is 8.99. The minimum absolute atomic E-state index is 0.160. The fraction of sp³-hybridized carbons (Fsp3) is 0.533. The number of aliphatic carboxylic acids is 1. The van der Waals surface area contributed by atoms with Crippen molar-refractivity contribution in [3.05, 3.63) is 34.9 Å². The lowest BCUT2D eigenvalue weighted by atomic mass is 9.87. The molecule has 0 heterocycles. The molecule has 17 heavy (non-hydrogen) atoms. The molecule has 0 aromatic heterocycles. The molecule has 0 aliphatic rings. The average Bonchev–Trinajstić information content (AvgIpc) is 2.24. The summed E-state index contributed by atoms with van der Waals surface area (Å²) in [5.74, 6) is -0.542. The van der Waals surface area contributed by atoms with E-state index < -0.39 is 5.97 Å². The van der Waals surface area contributed by atoms with Crippen LogP contribution in [0.25, 0.3) is 0 Å². The van der Waals surface area contributed by atoms with Crippen molar-refractivity contribution in [2.75, 3.05) is 0 Å². The summed E-state index contributed by atoms with van der Waals surface area (Å²) in [6, 6.07) is 6.30. The molecule has 0 amide bonds. The van der Waals surface area contributed by atoms with Crippen molar-refractivity contribution in [1.29, 1.82) is 0 Å². The summed E-state index contributed by atoms with van der Waals surface area (Å²) in [6.07, 6.45) is 3.41. The van der Waals surface area contributed by atoms with Crippen LogP contribution in [0, 0.1) is 13.8 Å². The van der Waals surface area contributed by atoms with Crippen molar-refractivity contribution in [2.45, 2.75) is 52.4 Å². The van der Waals surface area contributed by atoms with Crippen LogP contribution in [0.3, 0.4) is 0 Å². The lowest BCUT2D eigenvalue weighted by molar-refractivity contribution is -0.137. The molecule has 1 aromatic rings. The fourth-order valence-corrected chi connectivity index (χ4v) is 2.31. The summed E-state index contributed by atoms with van der Waals surface area (Å²) in [5.41, 5.74) is 3.65. The lowest BCUT2D eigenvalue weighted by Gasteiger charge is -2.18. The zero-order valence-corrected chi connectivity index (χ0v) is 11.0. The van der Waals surface area contributed by atoms with Crippen molar-refractivity contribution >= 4 is 5.97 Å². The van der Waals surface area contributed by atoms with Crippen LogP contribution in [-0.4, -0.2) is 11.1 Å². The third-order valence-electron chi connectivity index (χ3n) is 3.19. The third kappa shape index (κ3) is 4.22. The molecule has 0 saturated heterocycles. The van der Waals surface area contributed by atoms with Gasteiger partial charge in [-0.1, -0.05) is 43.5 Å². The SMILES string of the molecule is CCCCC(CC(=O)O)c1ccc(C)cc1C. The molecule has 0 spiro atoms. The van der Waals surface area contributed by atoms with E-state index in [4.69, 9.17) is 5.11 Å². The Morgan fingerprint density at radius 1 is 1.35 bits per heavy atom. The molecule has 2 heteroatoms. The number of unbranched alkanes of at least 4 members (excludes halogenated alkanes) is 1. The highest BCUT2D eigenvalue weighted by Gasteiger charge is 2.16. The van der Waals surface area contributed by atoms with Crippen molar-refractivity contribution in [2.24, 2.45) is 0 Å². The van der Waals surface area contributed by atoms with Gasteiger partial charge in [0.15, 0.2) is 0 Å². The second-order valence-corrected chi connectivity index (χ2v) is 4.80. The summed E-state index contributed by atoms with van der Waals surface area (Å²) in [4.78, 5) is 10.9. The predicted molar refractivity (Wildman–Crippen MR) is 70.4 cm³/mol. The Hall–Kier alpha value is -1.31. The van der Waals surface area contributed by atoms with E-state index in [1.807, 2.05) is 0 Å². The Morgan fingerprint density at radius 3 is 2.59 bits per heavy atom. The lowest BCUT2D eigenvalue weighted by Crippen LogP contribution is -2.08. The molecule has 94 valence electrons. The van der Waals surface area contributed by atoms with Gasteiger partial charge in [-0.2, -0.15) is 0 Å². The monoisotopic (exact) mass is 234 g/mol. The van der Waals surface area contributed by atoms with Gasteiger partial charge in [0.05, 0.1) is 6.42 Å². The van der Waals surface area contributed by atoms with Gasteiger partial charge in [0.1, 0.15) is 0 Å². The predicted octanol–water partition coefficient (Wildman–Crippen LogP) is 4.05. The van der Waals surface area contributed by atoms with Crippen molar-refractivity contribution in [3.8, 4) is 0 Å². The smallest absolute Gasteiger partial charge is 0.303 e. The van der Waals surface area contributed by atoms with E-state index in [-0.39, 0.29) is 12.3 Å². The maximum Gasteiger partial charge on any atom is 0.303 e. The number of hydrogen-bond acceptors (Lipinski definition) is 1. The number of aryl methyl sites for hydroxylation is 2. The largest absolute Gasteiger partial charge is 0.481 e. The van der Waals surface area contributed by atoms with Crippen LogP contribution in [0.15, 0.2) is 18.2 Å². The van der Waals surface area contributed by atoms with E-state index in [0.717, 1.165) is 19.3 Å². The number of rotatable bonds is 6. The standard InChI is InChI=1S/C15H22O2/c1-4-5-6-13(10-15(16)17)14-8-7-11(2)9-12(14)3/h7-9,13H,4-6,10H2,1-3H3,(H,16,17). The number of carboxylic acids is 1. The number of benzene rings is 1. The summed E-state index contributed by atoms with van der Waals surface area (Å²) in [7, 11) is 0. The van der Waals surface area contributed by atoms with Gasteiger partial charge in [0, 0.05) is 0 Å². The van der Waals surface area contributed by atoms with Gasteiger partial charge in [-0.3, -0.25) is 4.79 Å². The fourth-order valence-electron chi connectivity index (χ4n) is 2.31. The van der Waals surface area contributed by atoms with Gasteiger partial charge in [0.2, 0.25) is 0 Å². The van der Waals surface area contributed by atoms with Crippen LogP contribution in [0.2, 0.25) is 0 Å². The topological polar surface area (TPSA) is 37.3 Å². The molecule has 1 unspecified atom stereocenters. The van der Waals surface area contributed by atoms with Crippen molar-refractivity contribution in [3.63, 3.8) is 0 Å². The van der Waals surface area contributed by atoms with Crippen molar-refractivity contribution in [1.82, 2.24) is 0 Å². The highest BCUT2D eigenvalue weighted by Crippen LogP contribution is 2.28. The van der Waals surface area contributed by atoms with Crippen LogP contribution < -0.4 is 0 Å². The first-order chi connectivity index (χ1) is 8.04. The first-order valence-electron chi connectivity index (χ1n) is 6.33. The van der Waals surface area contributed by atoms with Gasteiger partial charge in [0.25, 0.3) is 0 Å². The minimum Gasteiger partial charge on any atom is -0.481 e. The van der Waals surface area contributed by atoms with Crippen LogP contribution >= 0.6 is 0 Å². The number of carboxylic acid groups (broad SMARTS) is 1.